The number of carbonyl (C=O) groups is 4. The van der Waals surface area contributed by atoms with Crippen molar-refractivity contribution in [1.82, 2.24) is 0 Å². The van der Waals surface area contributed by atoms with E-state index in [1.807, 2.05) is 0 Å². The minimum atomic E-state index is -2.12. The van der Waals surface area contributed by atoms with E-state index < -0.39 is 35.7 Å². The first kappa shape index (κ1) is 20.5. The first-order chi connectivity index (χ1) is 11.8. The maximum atomic E-state index is 12.4. The summed E-state index contributed by atoms with van der Waals surface area (Å²) in [6, 6.07) is 4.13. The number of esters is 2. The fourth-order valence-electron chi connectivity index (χ4n) is 2.14. The summed E-state index contributed by atoms with van der Waals surface area (Å²) in [6.45, 7) is 4.42. The molecule has 25 heavy (non-hydrogen) atoms. The number of rotatable bonds is 8. The number of hydrogen-bond acceptors (Lipinski definition) is 8. The van der Waals surface area contributed by atoms with Crippen molar-refractivity contribution in [3.63, 3.8) is 0 Å². The van der Waals surface area contributed by atoms with Crippen molar-refractivity contribution < 1.29 is 38.9 Å². The van der Waals surface area contributed by atoms with Crippen LogP contribution in [0, 0.1) is 6.92 Å². The highest BCUT2D eigenvalue weighted by Crippen LogP contribution is 2.19. The molecular weight excluding hydrogens is 332 g/mol. The molecule has 0 heterocycles. The van der Waals surface area contributed by atoms with Crippen molar-refractivity contribution in [3.05, 3.63) is 34.9 Å². The van der Waals surface area contributed by atoms with Crippen LogP contribution < -0.4 is 0 Å². The minimum absolute atomic E-state index is 0.0374. The van der Waals surface area contributed by atoms with Crippen LogP contribution in [0.1, 0.15) is 40.1 Å². The third kappa shape index (κ3) is 4.71. The van der Waals surface area contributed by atoms with Gasteiger partial charge in [0.2, 0.25) is 23.8 Å². The van der Waals surface area contributed by atoms with Crippen LogP contribution >= 0.6 is 0 Å². The standard InChI is InChI=1S/C17H20O8/c1-4-24-16(22)14(20)12(18)10-8-6-7-9(3)11(10)13(19)15(21)17(23)25-5-2/h6-8,14-15,20-21H,4-5H2,1-3H3. The molecule has 1 aromatic carbocycles. The number of aryl methyl sites for hydroxylation is 1. The Morgan fingerprint density at radius 2 is 1.40 bits per heavy atom. The first-order valence-electron chi connectivity index (χ1n) is 7.63. The van der Waals surface area contributed by atoms with Crippen LogP contribution in [0.3, 0.4) is 0 Å². The summed E-state index contributed by atoms with van der Waals surface area (Å²) in [7, 11) is 0. The molecule has 0 fully saturated rings. The zero-order valence-corrected chi connectivity index (χ0v) is 14.1. The van der Waals surface area contributed by atoms with Crippen molar-refractivity contribution in [2.75, 3.05) is 13.2 Å². The third-order valence-corrected chi connectivity index (χ3v) is 3.30. The summed E-state index contributed by atoms with van der Waals surface area (Å²) in [5.74, 6) is -4.43. The molecule has 2 N–H and O–H groups in total. The molecule has 0 aromatic heterocycles. The van der Waals surface area contributed by atoms with Gasteiger partial charge in [0, 0.05) is 11.1 Å². The minimum Gasteiger partial charge on any atom is -0.464 e. The van der Waals surface area contributed by atoms with E-state index >= 15 is 0 Å². The molecule has 0 aliphatic heterocycles. The van der Waals surface area contributed by atoms with E-state index in [1.54, 1.807) is 0 Å². The molecule has 0 bridgehead atoms. The summed E-state index contributed by atoms with van der Waals surface area (Å²) >= 11 is 0. The highest BCUT2D eigenvalue weighted by atomic mass is 16.6. The van der Waals surface area contributed by atoms with E-state index in [1.165, 1.54) is 39.0 Å². The Balaban J connectivity index is 3.26. The van der Waals surface area contributed by atoms with Gasteiger partial charge in [0.1, 0.15) is 0 Å². The quantitative estimate of drug-likeness (QED) is 0.386. The molecule has 8 heteroatoms. The fraction of sp³-hybridized carbons (Fsp3) is 0.412. The molecule has 0 aliphatic rings. The Kier molecular flexibility index (Phi) is 7.41. The van der Waals surface area contributed by atoms with Crippen molar-refractivity contribution >= 4 is 23.5 Å². The van der Waals surface area contributed by atoms with Gasteiger partial charge in [-0.25, -0.2) is 9.59 Å². The number of aliphatic hydroxyl groups excluding tert-OH is 2. The molecular formula is C17H20O8. The van der Waals surface area contributed by atoms with Gasteiger partial charge in [-0.2, -0.15) is 0 Å². The Labute approximate surface area is 144 Å². The van der Waals surface area contributed by atoms with Gasteiger partial charge in [-0.1, -0.05) is 18.2 Å². The van der Waals surface area contributed by atoms with E-state index in [9.17, 15) is 29.4 Å². The molecule has 0 saturated heterocycles. The zero-order chi connectivity index (χ0) is 19.1. The highest BCUT2D eigenvalue weighted by Gasteiger charge is 2.34. The number of carbonyl (C=O) groups excluding carboxylic acids is 4. The molecule has 8 nitrogen and oxygen atoms in total. The smallest absolute Gasteiger partial charge is 0.343 e. The van der Waals surface area contributed by atoms with Crippen molar-refractivity contribution in [1.29, 1.82) is 0 Å². The lowest BCUT2D eigenvalue weighted by Crippen LogP contribution is -2.36. The number of hydrogen-bond donors (Lipinski definition) is 2. The van der Waals surface area contributed by atoms with Crippen molar-refractivity contribution in [2.24, 2.45) is 0 Å². The predicted molar refractivity (Wildman–Crippen MR) is 85.1 cm³/mol. The predicted octanol–water partition coefficient (Wildman–Crippen LogP) is 0.208. The zero-order valence-electron chi connectivity index (χ0n) is 14.1. The molecule has 0 amide bonds. The van der Waals surface area contributed by atoms with E-state index in [0.29, 0.717) is 0 Å². The number of Topliss-reactive ketones (excluding diaryl/α,β-unsaturated/α-hetero) is 2. The fourth-order valence-corrected chi connectivity index (χ4v) is 2.14. The summed E-state index contributed by atoms with van der Waals surface area (Å²) in [4.78, 5) is 47.9. The van der Waals surface area contributed by atoms with Crippen LogP contribution in [0.15, 0.2) is 18.2 Å². The molecule has 2 unspecified atom stereocenters. The topological polar surface area (TPSA) is 127 Å². The number of aliphatic hydroxyl groups is 2. The average molecular weight is 352 g/mol. The molecule has 0 spiro atoms. The third-order valence-electron chi connectivity index (χ3n) is 3.30. The van der Waals surface area contributed by atoms with Gasteiger partial charge in [-0.05, 0) is 26.3 Å². The molecule has 1 rings (SSSR count). The summed E-state index contributed by atoms with van der Waals surface area (Å²) < 4.78 is 9.16. The van der Waals surface area contributed by atoms with Crippen molar-refractivity contribution in [2.45, 2.75) is 33.0 Å². The lowest BCUT2D eigenvalue weighted by Gasteiger charge is -2.15. The normalized spacial score (nSPS) is 12.8. The van der Waals surface area contributed by atoms with E-state index in [0.717, 1.165) is 0 Å². The molecule has 136 valence electrons. The van der Waals surface area contributed by atoms with Gasteiger partial charge in [-0.3, -0.25) is 9.59 Å². The average Bonchev–Trinajstić information content (AvgIpc) is 2.59. The van der Waals surface area contributed by atoms with Gasteiger partial charge in [0.15, 0.2) is 0 Å². The summed E-state index contributed by atoms with van der Waals surface area (Å²) in [6.07, 6.45) is -4.24. The SMILES string of the molecule is CCOC(=O)C(O)C(=O)c1cccc(C)c1C(=O)C(O)C(=O)OCC. The van der Waals surface area contributed by atoms with Crippen LogP contribution in [0.2, 0.25) is 0 Å². The van der Waals surface area contributed by atoms with E-state index in [-0.39, 0.29) is 29.9 Å². The van der Waals surface area contributed by atoms with Gasteiger partial charge in [0.25, 0.3) is 0 Å². The van der Waals surface area contributed by atoms with E-state index in [2.05, 4.69) is 9.47 Å². The van der Waals surface area contributed by atoms with Crippen LogP contribution in [0.25, 0.3) is 0 Å². The van der Waals surface area contributed by atoms with Crippen LogP contribution in [0.5, 0.6) is 0 Å². The molecule has 0 radical (unpaired) electrons. The Hall–Kier alpha value is -2.58. The Bertz CT molecular complexity index is 679. The Morgan fingerprint density at radius 1 is 0.920 bits per heavy atom. The number of ether oxygens (including phenoxy) is 2. The molecule has 1 aromatic rings. The van der Waals surface area contributed by atoms with Crippen molar-refractivity contribution in [3.8, 4) is 0 Å². The monoisotopic (exact) mass is 352 g/mol. The lowest BCUT2D eigenvalue weighted by molar-refractivity contribution is -0.151. The van der Waals surface area contributed by atoms with Gasteiger partial charge in [-0.15, -0.1) is 0 Å². The van der Waals surface area contributed by atoms with Crippen LogP contribution in [-0.2, 0) is 19.1 Å². The molecule has 0 aliphatic carbocycles. The highest BCUT2D eigenvalue weighted by molar-refractivity contribution is 6.20. The molecule has 2 atom stereocenters. The number of benzene rings is 1. The summed E-state index contributed by atoms with van der Waals surface area (Å²) in [5, 5.41) is 19.7. The number of ketones is 2. The maximum absolute atomic E-state index is 12.4. The second kappa shape index (κ2) is 9.05. The van der Waals surface area contributed by atoms with Gasteiger partial charge < -0.3 is 19.7 Å². The molecule has 0 saturated carbocycles. The van der Waals surface area contributed by atoms with E-state index in [4.69, 9.17) is 0 Å². The summed E-state index contributed by atoms with van der Waals surface area (Å²) in [5.41, 5.74) is -0.277. The maximum Gasteiger partial charge on any atom is 0.343 e. The lowest BCUT2D eigenvalue weighted by atomic mass is 9.91. The largest absolute Gasteiger partial charge is 0.464 e. The Morgan fingerprint density at radius 3 is 1.88 bits per heavy atom. The second-order valence-electron chi connectivity index (χ2n) is 5.04. The van der Waals surface area contributed by atoms with Gasteiger partial charge >= 0.3 is 11.9 Å². The van der Waals surface area contributed by atoms with Gasteiger partial charge in [0.05, 0.1) is 13.2 Å². The van der Waals surface area contributed by atoms with Crippen LogP contribution in [0.4, 0.5) is 0 Å². The van der Waals surface area contributed by atoms with Crippen LogP contribution in [-0.4, -0.2) is 59.1 Å². The first-order valence-corrected chi connectivity index (χ1v) is 7.63. The second-order valence-corrected chi connectivity index (χ2v) is 5.04.